The SMILES string of the molecule is O=C(CCC1CCOCC1)NC12CC3CC(CC(C3)C1)C2. The zero-order chi connectivity index (χ0) is 14.3. The molecular formula is C18H29NO2. The summed E-state index contributed by atoms with van der Waals surface area (Å²) in [6.07, 6.45) is 12.2. The van der Waals surface area contributed by atoms with Crippen molar-refractivity contribution in [2.24, 2.45) is 23.7 Å². The highest BCUT2D eigenvalue weighted by Crippen LogP contribution is 2.55. The summed E-state index contributed by atoms with van der Waals surface area (Å²) in [6, 6.07) is 0. The van der Waals surface area contributed by atoms with Crippen LogP contribution >= 0.6 is 0 Å². The number of rotatable bonds is 4. The summed E-state index contributed by atoms with van der Waals surface area (Å²) in [6.45, 7) is 1.78. The largest absolute Gasteiger partial charge is 0.381 e. The first kappa shape index (κ1) is 14.0. The van der Waals surface area contributed by atoms with E-state index < -0.39 is 0 Å². The molecule has 3 heteroatoms. The third kappa shape index (κ3) is 2.99. The molecule has 1 saturated heterocycles. The molecule has 0 aromatic heterocycles. The molecule has 1 heterocycles. The first-order valence-corrected chi connectivity index (χ1v) is 9.09. The van der Waals surface area contributed by atoms with Crippen molar-refractivity contribution in [1.82, 2.24) is 5.32 Å². The Morgan fingerprint density at radius 3 is 2.14 bits per heavy atom. The van der Waals surface area contributed by atoms with Crippen LogP contribution < -0.4 is 5.32 Å². The maximum Gasteiger partial charge on any atom is 0.220 e. The smallest absolute Gasteiger partial charge is 0.220 e. The van der Waals surface area contributed by atoms with E-state index in [0.29, 0.717) is 11.8 Å². The van der Waals surface area contributed by atoms with E-state index in [1.165, 1.54) is 38.5 Å². The zero-order valence-electron chi connectivity index (χ0n) is 13.1. The highest BCUT2D eigenvalue weighted by Gasteiger charge is 2.51. The van der Waals surface area contributed by atoms with Crippen LogP contribution in [-0.4, -0.2) is 24.7 Å². The van der Waals surface area contributed by atoms with E-state index in [1.807, 2.05) is 0 Å². The highest BCUT2D eigenvalue weighted by molar-refractivity contribution is 5.76. The van der Waals surface area contributed by atoms with E-state index >= 15 is 0 Å². The molecule has 4 aliphatic carbocycles. The van der Waals surface area contributed by atoms with Gasteiger partial charge in [-0.25, -0.2) is 0 Å². The number of amides is 1. The van der Waals surface area contributed by atoms with Crippen molar-refractivity contribution in [3.05, 3.63) is 0 Å². The minimum absolute atomic E-state index is 0.196. The van der Waals surface area contributed by atoms with E-state index in [9.17, 15) is 4.79 Å². The molecule has 5 fully saturated rings. The average molecular weight is 291 g/mol. The van der Waals surface area contributed by atoms with Gasteiger partial charge in [-0.2, -0.15) is 0 Å². The van der Waals surface area contributed by atoms with Gasteiger partial charge in [-0.3, -0.25) is 4.79 Å². The molecule has 0 unspecified atom stereocenters. The molecule has 3 nitrogen and oxygen atoms in total. The molecule has 1 aliphatic heterocycles. The summed E-state index contributed by atoms with van der Waals surface area (Å²) in [5.41, 5.74) is 0.196. The molecule has 5 rings (SSSR count). The lowest BCUT2D eigenvalue weighted by Gasteiger charge is -2.57. The lowest BCUT2D eigenvalue weighted by atomic mass is 9.53. The van der Waals surface area contributed by atoms with Crippen LogP contribution in [0.5, 0.6) is 0 Å². The number of hydrogen-bond acceptors (Lipinski definition) is 2. The van der Waals surface area contributed by atoms with Crippen LogP contribution in [0.2, 0.25) is 0 Å². The van der Waals surface area contributed by atoms with Crippen molar-refractivity contribution in [3.8, 4) is 0 Å². The first-order chi connectivity index (χ1) is 10.2. The van der Waals surface area contributed by atoms with Gasteiger partial charge in [0.1, 0.15) is 0 Å². The van der Waals surface area contributed by atoms with Crippen molar-refractivity contribution in [2.75, 3.05) is 13.2 Å². The maximum atomic E-state index is 12.4. The molecular weight excluding hydrogens is 262 g/mol. The minimum Gasteiger partial charge on any atom is -0.381 e. The van der Waals surface area contributed by atoms with Crippen LogP contribution in [0, 0.1) is 23.7 Å². The van der Waals surface area contributed by atoms with Crippen molar-refractivity contribution >= 4 is 5.91 Å². The summed E-state index contributed by atoms with van der Waals surface area (Å²) >= 11 is 0. The van der Waals surface area contributed by atoms with Gasteiger partial charge in [-0.1, -0.05) is 0 Å². The predicted octanol–water partition coefficient (Wildman–Crippen LogP) is 3.28. The quantitative estimate of drug-likeness (QED) is 0.863. The number of carbonyl (C=O) groups excluding carboxylic acids is 1. The zero-order valence-corrected chi connectivity index (χ0v) is 13.1. The Kier molecular flexibility index (Phi) is 3.72. The summed E-state index contributed by atoms with van der Waals surface area (Å²) < 4.78 is 5.40. The molecule has 4 bridgehead atoms. The van der Waals surface area contributed by atoms with E-state index in [2.05, 4.69) is 5.32 Å². The van der Waals surface area contributed by atoms with Crippen molar-refractivity contribution in [3.63, 3.8) is 0 Å². The summed E-state index contributed by atoms with van der Waals surface area (Å²) in [7, 11) is 0. The van der Waals surface area contributed by atoms with Gasteiger partial charge in [0.15, 0.2) is 0 Å². The molecule has 0 radical (unpaired) electrons. The summed E-state index contributed by atoms with van der Waals surface area (Å²) in [4.78, 5) is 12.4. The van der Waals surface area contributed by atoms with Crippen LogP contribution in [-0.2, 0) is 9.53 Å². The second-order valence-corrected chi connectivity index (χ2v) is 8.34. The fourth-order valence-corrected chi connectivity index (χ4v) is 5.99. The van der Waals surface area contributed by atoms with Crippen LogP contribution in [0.4, 0.5) is 0 Å². The Balaban J connectivity index is 1.30. The molecule has 1 amide bonds. The Morgan fingerprint density at radius 2 is 1.57 bits per heavy atom. The van der Waals surface area contributed by atoms with Crippen LogP contribution in [0.25, 0.3) is 0 Å². The highest BCUT2D eigenvalue weighted by atomic mass is 16.5. The fraction of sp³-hybridized carbons (Fsp3) is 0.944. The molecule has 0 atom stereocenters. The van der Waals surface area contributed by atoms with Gasteiger partial charge >= 0.3 is 0 Å². The lowest BCUT2D eigenvalue weighted by molar-refractivity contribution is -0.127. The third-order valence-electron chi connectivity index (χ3n) is 6.56. The van der Waals surface area contributed by atoms with Crippen molar-refractivity contribution < 1.29 is 9.53 Å². The Hall–Kier alpha value is -0.570. The monoisotopic (exact) mass is 291 g/mol. The predicted molar refractivity (Wildman–Crippen MR) is 81.8 cm³/mol. The first-order valence-electron chi connectivity index (χ1n) is 9.09. The van der Waals surface area contributed by atoms with Gasteiger partial charge in [-0.15, -0.1) is 0 Å². The molecule has 5 aliphatic rings. The van der Waals surface area contributed by atoms with E-state index in [1.54, 1.807) is 0 Å². The van der Waals surface area contributed by atoms with Gasteiger partial charge in [0.2, 0.25) is 5.91 Å². The second-order valence-electron chi connectivity index (χ2n) is 8.34. The van der Waals surface area contributed by atoms with E-state index in [0.717, 1.165) is 56.7 Å². The summed E-state index contributed by atoms with van der Waals surface area (Å²) in [5, 5.41) is 3.49. The fourth-order valence-electron chi connectivity index (χ4n) is 5.99. The van der Waals surface area contributed by atoms with Gasteiger partial charge in [0.05, 0.1) is 0 Å². The number of hydrogen-bond donors (Lipinski definition) is 1. The Bertz CT molecular complexity index is 365. The van der Waals surface area contributed by atoms with Crippen LogP contribution in [0.3, 0.4) is 0 Å². The van der Waals surface area contributed by atoms with Crippen LogP contribution in [0.1, 0.15) is 64.2 Å². The van der Waals surface area contributed by atoms with Gasteiger partial charge < -0.3 is 10.1 Å². The minimum atomic E-state index is 0.196. The second kappa shape index (κ2) is 5.57. The molecule has 4 saturated carbocycles. The molecule has 118 valence electrons. The van der Waals surface area contributed by atoms with Gasteiger partial charge in [0, 0.05) is 25.2 Å². The van der Waals surface area contributed by atoms with E-state index in [-0.39, 0.29) is 5.54 Å². The van der Waals surface area contributed by atoms with Crippen molar-refractivity contribution in [2.45, 2.75) is 69.7 Å². The standard InChI is InChI=1S/C18H29NO2/c20-17(2-1-13-3-5-21-6-4-13)19-18-10-14-7-15(11-18)9-16(8-14)12-18/h13-16H,1-12H2,(H,19,20). The van der Waals surface area contributed by atoms with Crippen LogP contribution in [0.15, 0.2) is 0 Å². The number of ether oxygens (including phenoxy) is 1. The third-order valence-corrected chi connectivity index (χ3v) is 6.56. The molecule has 21 heavy (non-hydrogen) atoms. The molecule has 0 spiro atoms. The summed E-state index contributed by atoms with van der Waals surface area (Å²) in [5.74, 6) is 3.76. The number of carbonyl (C=O) groups is 1. The molecule has 1 N–H and O–H groups in total. The van der Waals surface area contributed by atoms with E-state index in [4.69, 9.17) is 4.74 Å². The molecule has 0 aromatic carbocycles. The normalized spacial score (nSPS) is 42.2. The van der Waals surface area contributed by atoms with Gasteiger partial charge in [0.25, 0.3) is 0 Å². The molecule has 0 aromatic rings. The van der Waals surface area contributed by atoms with Crippen molar-refractivity contribution in [1.29, 1.82) is 0 Å². The maximum absolute atomic E-state index is 12.4. The Morgan fingerprint density at radius 1 is 1.00 bits per heavy atom. The topological polar surface area (TPSA) is 38.3 Å². The van der Waals surface area contributed by atoms with Gasteiger partial charge in [-0.05, 0) is 81.5 Å². The average Bonchev–Trinajstić information content (AvgIpc) is 2.44. The number of nitrogens with one attached hydrogen (secondary N) is 1. The Labute approximate surface area is 128 Å². The lowest BCUT2D eigenvalue weighted by Crippen LogP contribution is -2.59.